The van der Waals surface area contributed by atoms with E-state index in [1.54, 1.807) is 30.3 Å². The number of nitrogens with one attached hydrogen (secondary N) is 4. The molecule has 21 nitrogen and oxygen atoms in total. The fourth-order valence-corrected chi connectivity index (χ4v) is 8.90. The summed E-state index contributed by atoms with van der Waals surface area (Å²) in [7, 11) is -17.1. The molecule has 328 valence electrons. The molecule has 1 atom stereocenters. The number of aromatic nitrogens is 1. The van der Waals surface area contributed by atoms with Gasteiger partial charge in [-0.25, -0.2) is 22.4 Å². The fourth-order valence-electron chi connectivity index (χ4n) is 5.86. The Morgan fingerprint density at radius 1 is 0.688 bits per heavy atom. The third-order valence-corrected chi connectivity index (χ3v) is 12.6. The van der Waals surface area contributed by atoms with Gasteiger partial charge in [0.05, 0.1) is 33.1 Å². The first-order chi connectivity index (χ1) is 30.0. The highest BCUT2D eigenvalue weighted by Gasteiger charge is 2.24. The summed E-state index contributed by atoms with van der Waals surface area (Å²) < 4.78 is 122. The van der Waals surface area contributed by atoms with Crippen LogP contribution in [0.4, 0.5) is 50.1 Å². The zero-order valence-electron chi connectivity index (χ0n) is 32.8. The SMILES string of the molecule is Cc1c(C#N)c(Nc2ccc(S(=O)(=O)O)cc2)nc(Nc2ccc(S(=O)(=O)O)cc2)c1N=Nc1sc(N=Nc2ccccc2)c(-c2cc(CS(=N)(=O)O)cc(NS(C)(=O)=O)c2)c1C#N. The summed E-state index contributed by atoms with van der Waals surface area (Å²) in [6.45, 7) is 1.51. The average Bonchev–Trinajstić information content (AvgIpc) is 3.56. The highest BCUT2D eigenvalue weighted by Crippen LogP contribution is 2.49. The zero-order valence-corrected chi connectivity index (χ0v) is 36.9. The van der Waals surface area contributed by atoms with Gasteiger partial charge in [0.1, 0.15) is 28.4 Å². The molecule has 0 aliphatic carbocycles. The second-order valence-electron chi connectivity index (χ2n) is 13.4. The third kappa shape index (κ3) is 11.7. The van der Waals surface area contributed by atoms with Crippen molar-refractivity contribution < 1.29 is 43.1 Å². The van der Waals surface area contributed by atoms with Crippen molar-refractivity contribution in [2.45, 2.75) is 22.5 Å². The van der Waals surface area contributed by atoms with E-state index in [-0.39, 0.29) is 77.8 Å². The van der Waals surface area contributed by atoms with Crippen molar-refractivity contribution in [3.05, 3.63) is 119 Å². The average molecular weight is 962 g/mol. The molecule has 2 heterocycles. The number of hydrogen-bond acceptors (Lipinski definition) is 18. The predicted octanol–water partition coefficient (Wildman–Crippen LogP) is 9.06. The summed E-state index contributed by atoms with van der Waals surface area (Å²) in [5.74, 6) is -0.849. The Kier molecular flexibility index (Phi) is 13.3. The van der Waals surface area contributed by atoms with E-state index in [1.165, 1.54) is 49.4 Å². The second kappa shape index (κ2) is 18.4. The van der Waals surface area contributed by atoms with E-state index in [0.29, 0.717) is 5.69 Å². The van der Waals surface area contributed by atoms with Crippen LogP contribution in [0.15, 0.2) is 127 Å². The summed E-state index contributed by atoms with van der Waals surface area (Å²) in [4.78, 5) is 3.75. The van der Waals surface area contributed by atoms with E-state index in [4.69, 9.17) is 4.78 Å². The van der Waals surface area contributed by atoms with E-state index >= 15 is 0 Å². The lowest BCUT2D eigenvalue weighted by atomic mass is 10.0. The van der Waals surface area contributed by atoms with Gasteiger partial charge in [-0.1, -0.05) is 29.5 Å². The maximum atomic E-state index is 12.3. The summed E-state index contributed by atoms with van der Waals surface area (Å²) in [6, 6.07) is 26.3. The van der Waals surface area contributed by atoms with Crippen LogP contribution in [0.25, 0.3) is 11.1 Å². The monoisotopic (exact) mass is 961 g/mol. The molecule has 26 heteroatoms. The maximum absolute atomic E-state index is 12.3. The van der Waals surface area contributed by atoms with Crippen LogP contribution in [0.2, 0.25) is 0 Å². The molecule has 0 radical (unpaired) electrons. The quantitative estimate of drug-likeness (QED) is 0.0373. The first-order valence-electron chi connectivity index (χ1n) is 17.7. The Morgan fingerprint density at radius 2 is 1.23 bits per heavy atom. The van der Waals surface area contributed by atoms with Crippen LogP contribution >= 0.6 is 11.3 Å². The number of sulfonamides is 1. The van der Waals surface area contributed by atoms with Gasteiger partial charge in [0, 0.05) is 28.2 Å². The van der Waals surface area contributed by atoms with Crippen molar-refractivity contribution in [1.82, 2.24) is 4.98 Å². The van der Waals surface area contributed by atoms with Crippen LogP contribution < -0.4 is 15.4 Å². The van der Waals surface area contributed by atoms with Crippen molar-refractivity contribution in [2.24, 2.45) is 20.5 Å². The van der Waals surface area contributed by atoms with Gasteiger partial charge in [0.15, 0.2) is 26.6 Å². The Balaban J connectivity index is 1.55. The first-order valence-corrected chi connectivity index (χ1v) is 25.0. The van der Waals surface area contributed by atoms with Crippen molar-refractivity contribution in [2.75, 3.05) is 21.6 Å². The number of hydrogen-bond donors (Lipinski definition) is 7. The van der Waals surface area contributed by atoms with Crippen molar-refractivity contribution in [3.63, 3.8) is 0 Å². The van der Waals surface area contributed by atoms with Crippen molar-refractivity contribution in [1.29, 1.82) is 15.3 Å². The number of anilines is 5. The van der Waals surface area contributed by atoms with Gasteiger partial charge in [-0.3, -0.25) is 13.8 Å². The molecule has 2 aromatic heterocycles. The largest absolute Gasteiger partial charge is 0.339 e. The van der Waals surface area contributed by atoms with Gasteiger partial charge < -0.3 is 15.2 Å². The molecule has 7 N–H and O–H groups in total. The van der Waals surface area contributed by atoms with Crippen LogP contribution in [0.1, 0.15) is 22.3 Å². The second-order valence-corrected chi connectivity index (χ2v) is 20.5. The van der Waals surface area contributed by atoms with Gasteiger partial charge in [-0.15, -0.1) is 20.5 Å². The molecule has 6 rings (SSSR count). The van der Waals surface area contributed by atoms with E-state index in [0.717, 1.165) is 41.9 Å². The number of benzene rings is 4. The van der Waals surface area contributed by atoms with E-state index < -0.39 is 55.8 Å². The van der Waals surface area contributed by atoms with E-state index in [9.17, 15) is 53.6 Å². The van der Waals surface area contributed by atoms with Crippen LogP contribution in [-0.4, -0.2) is 54.4 Å². The number of azo groups is 2. The summed E-state index contributed by atoms with van der Waals surface area (Å²) in [6.07, 6.45) is 0.890. The number of thiophene rings is 1. The highest BCUT2D eigenvalue weighted by molar-refractivity contribution is 7.92. The minimum atomic E-state index is -4.56. The lowest BCUT2D eigenvalue weighted by Crippen LogP contribution is -2.10. The molecule has 0 aliphatic rings. The normalized spacial score (nSPS) is 13.0. The number of pyridine rings is 1. The van der Waals surface area contributed by atoms with Gasteiger partial charge in [-0.05, 0) is 96.9 Å². The third-order valence-electron chi connectivity index (χ3n) is 8.54. The smallest absolute Gasteiger partial charge is 0.294 e. The fraction of sp³-hybridized carbons (Fsp3) is 0.0789. The molecule has 0 amide bonds. The molecule has 0 saturated carbocycles. The highest BCUT2D eigenvalue weighted by atomic mass is 32.2. The number of nitriles is 2. The molecule has 6 aromatic rings. The Bertz CT molecular complexity index is 3350. The maximum Gasteiger partial charge on any atom is 0.294 e. The molecule has 0 aliphatic heterocycles. The van der Waals surface area contributed by atoms with Gasteiger partial charge in [0.2, 0.25) is 10.0 Å². The van der Waals surface area contributed by atoms with Gasteiger partial charge >= 0.3 is 0 Å². The molecule has 0 spiro atoms. The molecule has 0 fully saturated rings. The van der Waals surface area contributed by atoms with Crippen LogP contribution in [0, 0.1) is 34.4 Å². The van der Waals surface area contributed by atoms with Crippen molar-refractivity contribution >= 4 is 102 Å². The zero-order chi connectivity index (χ0) is 46.6. The topological polar surface area (TPSA) is 350 Å². The summed E-state index contributed by atoms with van der Waals surface area (Å²) in [5, 5.41) is 44.4. The van der Waals surface area contributed by atoms with Gasteiger partial charge in [-0.2, -0.15) is 27.4 Å². The minimum Gasteiger partial charge on any atom is -0.339 e. The minimum absolute atomic E-state index is 0.0583. The molecule has 1 unspecified atom stereocenters. The molecule has 64 heavy (non-hydrogen) atoms. The van der Waals surface area contributed by atoms with Crippen molar-refractivity contribution in [3.8, 4) is 23.3 Å². The molecular formula is C38H31N11O10S5. The first kappa shape index (κ1) is 46.5. The summed E-state index contributed by atoms with van der Waals surface area (Å²) in [5.41, 5.74) is 0.971. The van der Waals surface area contributed by atoms with Gasteiger partial charge in [0.25, 0.3) is 20.2 Å². The lowest BCUT2D eigenvalue weighted by Gasteiger charge is -2.16. The predicted molar refractivity (Wildman–Crippen MR) is 238 cm³/mol. The molecule has 4 aromatic carbocycles. The Hall–Kier alpha value is -7.01. The van der Waals surface area contributed by atoms with Crippen LogP contribution in [0.5, 0.6) is 0 Å². The number of nitrogens with zero attached hydrogens (tertiary/aromatic N) is 7. The van der Waals surface area contributed by atoms with Crippen LogP contribution in [-0.2, 0) is 46.0 Å². The summed E-state index contributed by atoms with van der Waals surface area (Å²) >= 11 is 0.835. The Morgan fingerprint density at radius 3 is 1.75 bits per heavy atom. The lowest BCUT2D eigenvalue weighted by molar-refractivity contribution is 0.481. The standard InChI is InChI=1S/C38H31N11O10S5/c1-22-31(19-39)35(42-25-8-12-29(13-9-25)63(54,55)56)44-36(43-26-10-14-30(15-11-26)64(57,58)59)34(22)46-47-37-32(20-40)33(38(60-37)48-45-27-6-4-3-5-7-27)24-16-23(21-62(41,52)53)17-28(18-24)49-61(2,50)51/h3-18,49H,21H2,1-2H3,(H2,41,52,53)(H2,42,43,44)(H,54,55,56)(H,57,58,59). The Labute approximate surface area is 370 Å². The molecular weight excluding hydrogens is 931 g/mol. The van der Waals surface area contributed by atoms with Crippen LogP contribution in [0.3, 0.4) is 0 Å². The molecule has 0 bridgehead atoms. The van der Waals surface area contributed by atoms with E-state index in [2.05, 4.69) is 46.9 Å². The number of rotatable bonds is 15. The van der Waals surface area contributed by atoms with E-state index in [1.807, 2.05) is 6.07 Å². The molecule has 0 saturated heterocycles.